The number of carbonyl (C=O) groups excluding carboxylic acids is 2. The van der Waals surface area contributed by atoms with Crippen molar-refractivity contribution in [2.45, 2.75) is 185 Å². The summed E-state index contributed by atoms with van der Waals surface area (Å²) in [5.74, 6) is -1.18. The molecule has 7 unspecified atom stereocenters. The normalized spacial score (nSPS) is 22.6. The van der Waals surface area contributed by atoms with Crippen molar-refractivity contribution in [1.29, 1.82) is 0 Å². The first-order valence-electron chi connectivity index (χ1n) is 23.1. The molecule has 0 heterocycles. The molecule has 1 aliphatic rings. The van der Waals surface area contributed by atoms with Crippen LogP contribution in [-0.4, -0.2) is 98.3 Å². The number of phosphoric ester groups is 1. The van der Waals surface area contributed by atoms with E-state index in [9.17, 15) is 44.6 Å². The second-order valence-electron chi connectivity index (χ2n) is 15.6. The molecule has 0 aromatic carbocycles. The average Bonchev–Trinajstić information content (AvgIpc) is 3.26. The van der Waals surface area contributed by atoms with E-state index < -0.39 is 75.7 Å². The minimum absolute atomic E-state index is 0.0577. The molecule has 1 rings (SSSR count). The molecule has 0 aromatic rings. The van der Waals surface area contributed by atoms with Crippen LogP contribution in [0.4, 0.5) is 0 Å². The van der Waals surface area contributed by atoms with Gasteiger partial charge in [0.25, 0.3) is 0 Å². The van der Waals surface area contributed by atoms with Gasteiger partial charge in [0.15, 0.2) is 6.10 Å². The lowest BCUT2D eigenvalue weighted by Crippen LogP contribution is -2.64. The molecule has 63 heavy (non-hydrogen) atoms. The molecule has 1 fully saturated rings. The summed E-state index contributed by atoms with van der Waals surface area (Å²) < 4.78 is 33.4. The molecule has 0 aliphatic heterocycles. The van der Waals surface area contributed by atoms with Gasteiger partial charge in [-0.3, -0.25) is 18.6 Å². The first kappa shape index (κ1) is 57.8. The van der Waals surface area contributed by atoms with E-state index in [0.29, 0.717) is 12.8 Å². The molecule has 0 amide bonds. The summed E-state index contributed by atoms with van der Waals surface area (Å²) in [4.78, 5) is 35.7. The average molecular weight is 907 g/mol. The van der Waals surface area contributed by atoms with E-state index >= 15 is 0 Å². The van der Waals surface area contributed by atoms with Crippen LogP contribution in [0.1, 0.15) is 142 Å². The maximum atomic E-state index is 12.8. The van der Waals surface area contributed by atoms with Gasteiger partial charge in [0.1, 0.15) is 43.2 Å². The van der Waals surface area contributed by atoms with E-state index in [-0.39, 0.29) is 12.8 Å². The van der Waals surface area contributed by atoms with Crippen LogP contribution in [-0.2, 0) is 32.7 Å². The maximum absolute atomic E-state index is 12.8. The topological polar surface area (TPSA) is 210 Å². The minimum Gasteiger partial charge on any atom is -0.462 e. The van der Waals surface area contributed by atoms with Gasteiger partial charge in [-0.25, -0.2) is 4.57 Å². The Hall–Kier alpha value is -3.23. The fraction of sp³-hybridized carbons (Fsp3) is 0.633. The number of aliphatic hydroxyl groups excluding tert-OH is 5. The van der Waals surface area contributed by atoms with Crippen molar-refractivity contribution in [2.75, 3.05) is 13.2 Å². The zero-order chi connectivity index (χ0) is 46.4. The second kappa shape index (κ2) is 38.1. The molecule has 358 valence electrons. The lowest BCUT2D eigenvalue weighted by atomic mass is 9.85. The molecule has 0 aromatic heterocycles. The number of aliphatic hydroxyl groups is 5. The first-order chi connectivity index (χ1) is 30.4. The van der Waals surface area contributed by atoms with Gasteiger partial charge < -0.3 is 39.9 Å². The van der Waals surface area contributed by atoms with Crippen molar-refractivity contribution in [3.05, 3.63) is 97.2 Å². The third kappa shape index (κ3) is 30.5. The van der Waals surface area contributed by atoms with Gasteiger partial charge in [0.2, 0.25) is 0 Å². The number of esters is 2. The molecule has 0 bridgehead atoms. The van der Waals surface area contributed by atoms with Gasteiger partial charge in [0.05, 0.1) is 6.61 Å². The highest BCUT2D eigenvalue weighted by molar-refractivity contribution is 7.47. The standard InChI is InChI=1S/C49H79O13P/c1-3-5-7-9-11-13-15-17-18-19-20-21-22-23-24-26-27-29-31-33-35-37-42(50)59-39-41(40-60-63(57,58)62-49-47(55)45(53)44(52)46(54)48(49)56)61-43(51)38-36-34-32-30-28-25-16-14-12-10-8-6-4-2/h6,8,10-14,16-18,20-21,23-24,27,29,41,44-49,52-56H,3-5,7,9,15,19,22,25-26,28,30-40H2,1-2H3,(H,57,58)/b8-6+,12-10+,13-11+,16-14+,18-17+,21-20+,24-23+,29-27+/t41?,44?,45-,46?,47?,48?,49?/m0/s1. The summed E-state index contributed by atoms with van der Waals surface area (Å²) >= 11 is 0. The highest BCUT2D eigenvalue weighted by atomic mass is 31.2. The minimum atomic E-state index is -5.14. The number of rotatable bonds is 36. The predicted molar refractivity (Wildman–Crippen MR) is 248 cm³/mol. The van der Waals surface area contributed by atoms with Crippen molar-refractivity contribution in [1.82, 2.24) is 0 Å². The monoisotopic (exact) mass is 907 g/mol. The molecule has 14 heteroatoms. The smallest absolute Gasteiger partial charge is 0.462 e. The molecular weight excluding hydrogens is 828 g/mol. The fourth-order valence-electron chi connectivity index (χ4n) is 6.25. The highest BCUT2D eigenvalue weighted by Crippen LogP contribution is 2.47. The van der Waals surface area contributed by atoms with Gasteiger partial charge in [-0.05, 0) is 83.5 Å². The van der Waals surface area contributed by atoms with Crippen LogP contribution in [0.5, 0.6) is 0 Å². The Morgan fingerprint density at radius 1 is 0.524 bits per heavy atom. The second-order valence-corrected chi connectivity index (χ2v) is 17.0. The van der Waals surface area contributed by atoms with E-state index in [1.807, 2.05) is 24.3 Å². The Bertz CT molecular complexity index is 1470. The van der Waals surface area contributed by atoms with Crippen LogP contribution in [0.2, 0.25) is 0 Å². The number of hydrogen-bond acceptors (Lipinski definition) is 12. The van der Waals surface area contributed by atoms with Crippen LogP contribution < -0.4 is 0 Å². The van der Waals surface area contributed by atoms with E-state index in [0.717, 1.165) is 77.0 Å². The number of phosphoric acid groups is 1. The molecule has 0 radical (unpaired) electrons. The van der Waals surface area contributed by atoms with Crippen LogP contribution in [0, 0.1) is 0 Å². The van der Waals surface area contributed by atoms with Gasteiger partial charge >= 0.3 is 19.8 Å². The lowest BCUT2D eigenvalue weighted by Gasteiger charge is -2.41. The predicted octanol–water partition coefficient (Wildman–Crippen LogP) is 9.05. The number of allylic oxidation sites excluding steroid dienone is 16. The van der Waals surface area contributed by atoms with E-state index in [4.69, 9.17) is 18.5 Å². The Kier molecular flexibility index (Phi) is 34.9. The van der Waals surface area contributed by atoms with Crippen LogP contribution in [0.3, 0.4) is 0 Å². The molecule has 0 spiro atoms. The highest BCUT2D eigenvalue weighted by Gasteiger charge is 2.51. The number of unbranched alkanes of at least 4 members (excludes halogenated alkanes) is 10. The Labute approximate surface area is 377 Å². The van der Waals surface area contributed by atoms with E-state index in [2.05, 4.69) is 86.8 Å². The third-order valence-electron chi connectivity index (χ3n) is 9.97. The van der Waals surface area contributed by atoms with Gasteiger partial charge in [-0.15, -0.1) is 0 Å². The number of ether oxygens (including phenoxy) is 2. The zero-order valence-electron chi connectivity index (χ0n) is 37.8. The molecule has 8 atom stereocenters. The SMILES string of the molecule is CC/C=C/C=C/C=C/CCCCCCCC(=O)OC(COC(=O)CCCC/C=C/C/C=C/C/C=C/C/C=C/C/C=C/CCCCC)COP(=O)(O)OC1C(O)C(O)C(O)[C@H](O)C1O. The zero-order valence-corrected chi connectivity index (χ0v) is 38.7. The van der Waals surface area contributed by atoms with Crippen molar-refractivity contribution in [3.63, 3.8) is 0 Å². The Morgan fingerprint density at radius 3 is 1.54 bits per heavy atom. The van der Waals surface area contributed by atoms with Gasteiger partial charge in [0, 0.05) is 12.8 Å². The first-order valence-corrected chi connectivity index (χ1v) is 24.6. The molecule has 1 saturated carbocycles. The molecule has 6 N–H and O–H groups in total. The molecule has 13 nitrogen and oxygen atoms in total. The van der Waals surface area contributed by atoms with Gasteiger partial charge in [-0.2, -0.15) is 0 Å². The summed E-state index contributed by atoms with van der Waals surface area (Å²) in [6.07, 6.45) is 37.5. The van der Waals surface area contributed by atoms with Crippen LogP contribution in [0.25, 0.3) is 0 Å². The van der Waals surface area contributed by atoms with E-state index in [1.54, 1.807) is 0 Å². The van der Waals surface area contributed by atoms with Crippen LogP contribution in [0.15, 0.2) is 97.2 Å². The summed E-state index contributed by atoms with van der Waals surface area (Å²) in [5.41, 5.74) is 0. The third-order valence-corrected chi connectivity index (χ3v) is 11.0. The Morgan fingerprint density at radius 2 is 0.968 bits per heavy atom. The van der Waals surface area contributed by atoms with Crippen molar-refractivity contribution in [2.24, 2.45) is 0 Å². The lowest BCUT2D eigenvalue weighted by molar-refractivity contribution is -0.220. The number of hydrogen-bond donors (Lipinski definition) is 6. The van der Waals surface area contributed by atoms with Crippen LogP contribution >= 0.6 is 7.82 Å². The summed E-state index contributed by atoms with van der Waals surface area (Å²) in [7, 11) is -5.14. The molecule has 1 aliphatic carbocycles. The number of carbonyl (C=O) groups is 2. The van der Waals surface area contributed by atoms with Crippen molar-refractivity contribution < 1.29 is 63.1 Å². The maximum Gasteiger partial charge on any atom is 0.472 e. The fourth-order valence-corrected chi connectivity index (χ4v) is 7.22. The summed E-state index contributed by atoms with van der Waals surface area (Å²) in [5, 5.41) is 50.1. The largest absolute Gasteiger partial charge is 0.472 e. The summed E-state index contributed by atoms with van der Waals surface area (Å²) in [6.45, 7) is 3.06. The van der Waals surface area contributed by atoms with E-state index in [1.165, 1.54) is 25.7 Å². The molecule has 0 saturated heterocycles. The van der Waals surface area contributed by atoms with Gasteiger partial charge in [-0.1, -0.05) is 143 Å². The molecular formula is C49H79O13P. The quantitative estimate of drug-likeness (QED) is 0.0114. The van der Waals surface area contributed by atoms with Crippen molar-refractivity contribution in [3.8, 4) is 0 Å². The summed E-state index contributed by atoms with van der Waals surface area (Å²) in [6, 6.07) is 0. The Balaban J connectivity index is 2.49. The van der Waals surface area contributed by atoms with Crippen molar-refractivity contribution >= 4 is 19.8 Å².